The predicted molar refractivity (Wildman–Crippen MR) is 88.2 cm³/mol. The predicted octanol–water partition coefficient (Wildman–Crippen LogP) is 5.26. The van der Waals surface area contributed by atoms with Crippen LogP contribution >= 0.6 is 31.9 Å². The summed E-state index contributed by atoms with van der Waals surface area (Å²) in [6.45, 7) is 0.903. The molecule has 2 aromatic carbocycles. The van der Waals surface area contributed by atoms with Crippen molar-refractivity contribution in [3.8, 4) is 11.5 Å². The van der Waals surface area contributed by atoms with Gasteiger partial charge in [-0.05, 0) is 58.6 Å². The molecule has 1 fully saturated rings. The van der Waals surface area contributed by atoms with Crippen molar-refractivity contribution in [2.45, 2.75) is 25.4 Å². The Balaban J connectivity index is 1.71. The fourth-order valence-corrected chi connectivity index (χ4v) is 2.79. The second kappa shape index (κ2) is 6.29. The summed E-state index contributed by atoms with van der Waals surface area (Å²) >= 11 is 7.11. The van der Waals surface area contributed by atoms with Crippen molar-refractivity contribution >= 4 is 31.9 Å². The lowest BCUT2D eigenvalue weighted by atomic mass is 10.2. The van der Waals surface area contributed by atoms with E-state index in [9.17, 15) is 0 Å². The van der Waals surface area contributed by atoms with Gasteiger partial charge in [-0.15, -0.1) is 0 Å². The molecule has 1 aliphatic carbocycles. The van der Waals surface area contributed by atoms with Gasteiger partial charge in [0, 0.05) is 17.1 Å². The number of nitrogens with one attached hydrogen (secondary N) is 1. The number of benzene rings is 2. The van der Waals surface area contributed by atoms with Crippen LogP contribution < -0.4 is 10.1 Å². The first kappa shape index (κ1) is 14.1. The number of hydrogen-bond donors (Lipinski definition) is 1. The quantitative estimate of drug-likeness (QED) is 0.744. The van der Waals surface area contributed by atoms with Gasteiger partial charge < -0.3 is 10.1 Å². The van der Waals surface area contributed by atoms with Crippen molar-refractivity contribution < 1.29 is 4.74 Å². The third-order valence-corrected chi connectivity index (χ3v) is 4.64. The highest BCUT2D eigenvalue weighted by Crippen LogP contribution is 2.31. The largest absolute Gasteiger partial charge is 0.456 e. The molecule has 20 heavy (non-hydrogen) atoms. The van der Waals surface area contributed by atoms with Gasteiger partial charge >= 0.3 is 0 Å². The van der Waals surface area contributed by atoms with Gasteiger partial charge in [-0.2, -0.15) is 0 Å². The van der Waals surface area contributed by atoms with Crippen LogP contribution in [0.4, 0.5) is 0 Å². The lowest BCUT2D eigenvalue weighted by Gasteiger charge is -2.10. The van der Waals surface area contributed by atoms with Crippen molar-refractivity contribution in [3.63, 3.8) is 0 Å². The average Bonchev–Trinajstić information content (AvgIpc) is 3.25. The van der Waals surface area contributed by atoms with E-state index < -0.39 is 0 Å². The number of para-hydroxylation sites is 1. The lowest BCUT2D eigenvalue weighted by Crippen LogP contribution is -2.15. The Morgan fingerprint density at radius 1 is 1.05 bits per heavy atom. The van der Waals surface area contributed by atoms with Gasteiger partial charge in [0.25, 0.3) is 0 Å². The monoisotopic (exact) mass is 395 g/mol. The maximum absolute atomic E-state index is 5.89. The number of hydrogen-bond acceptors (Lipinski definition) is 2. The Bertz CT molecular complexity index is 611. The number of ether oxygens (including phenoxy) is 1. The standard InChI is InChI=1S/C16H15Br2NO/c17-14-3-1-2-4-16(14)20-13-8-5-11(15(18)9-13)10-19-12-6-7-12/h1-5,8-9,12,19H,6-7,10H2. The number of halogens is 2. The first-order valence-corrected chi connectivity index (χ1v) is 8.25. The van der Waals surface area contributed by atoms with E-state index in [1.165, 1.54) is 18.4 Å². The molecule has 0 spiro atoms. The molecule has 3 rings (SSSR count). The molecule has 0 aliphatic heterocycles. The van der Waals surface area contributed by atoms with Gasteiger partial charge in [0.15, 0.2) is 0 Å². The Morgan fingerprint density at radius 3 is 2.55 bits per heavy atom. The van der Waals surface area contributed by atoms with E-state index in [4.69, 9.17) is 4.74 Å². The Labute approximate surface area is 135 Å². The number of rotatable bonds is 5. The molecule has 0 atom stereocenters. The van der Waals surface area contributed by atoms with Crippen LogP contribution in [0.5, 0.6) is 11.5 Å². The lowest BCUT2D eigenvalue weighted by molar-refractivity contribution is 0.479. The first-order valence-electron chi connectivity index (χ1n) is 6.66. The second-order valence-corrected chi connectivity index (χ2v) is 6.65. The third kappa shape index (κ3) is 3.62. The summed E-state index contributed by atoms with van der Waals surface area (Å²) in [5.74, 6) is 1.65. The molecule has 0 bridgehead atoms. The van der Waals surface area contributed by atoms with Crippen LogP contribution in [0.1, 0.15) is 18.4 Å². The van der Waals surface area contributed by atoms with Crippen molar-refractivity contribution in [1.29, 1.82) is 0 Å². The van der Waals surface area contributed by atoms with E-state index in [-0.39, 0.29) is 0 Å². The van der Waals surface area contributed by atoms with E-state index in [1.807, 2.05) is 36.4 Å². The molecule has 0 unspecified atom stereocenters. The van der Waals surface area contributed by atoms with E-state index >= 15 is 0 Å². The van der Waals surface area contributed by atoms with Gasteiger partial charge in [0.05, 0.1) is 4.47 Å². The molecular weight excluding hydrogens is 382 g/mol. The minimum Gasteiger partial charge on any atom is -0.456 e. The molecule has 2 aromatic rings. The Hall–Kier alpha value is -0.840. The van der Waals surface area contributed by atoms with E-state index in [0.29, 0.717) is 0 Å². The summed E-state index contributed by atoms with van der Waals surface area (Å²) in [7, 11) is 0. The van der Waals surface area contributed by atoms with Crippen LogP contribution in [0, 0.1) is 0 Å². The van der Waals surface area contributed by atoms with E-state index in [0.717, 1.165) is 33.0 Å². The van der Waals surface area contributed by atoms with E-state index in [1.54, 1.807) is 0 Å². The van der Waals surface area contributed by atoms with Crippen LogP contribution in [0.2, 0.25) is 0 Å². The Kier molecular flexibility index (Phi) is 4.44. The van der Waals surface area contributed by atoms with Crippen LogP contribution in [-0.4, -0.2) is 6.04 Å². The third-order valence-electron chi connectivity index (χ3n) is 3.25. The molecule has 104 valence electrons. The minimum atomic E-state index is 0.720. The maximum Gasteiger partial charge on any atom is 0.141 e. The SMILES string of the molecule is Brc1cc(Oc2ccccc2Br)ccc1CNC1CC1. The summed E-state index contributed by atoms with van der Waals surface area (Å²) in [4.78, 5) is 0. The van der Waals surface area contributed by atoms with Crippen molar-refractivity contribution in [2.75, 3.05) is 0 Å². The highest BCUT2D eigenvalue weighted by atomic mass is 79.9. The molecule has 1 N–H and O–H groups in total. The molecule has 0 saturated heterocycles. The van der Waals surface area contributed by atoms with Gasteiger partial charge in [-0.25, -0.2) is 0 Å². The van der Waals surface area contributed by atoms with Gasteiger partial charge in [-0.1, -0.05) is 34.1 Å². The summed E-state index contributed by atoms with van der Waals surface area (Å²) in [5.41, 5.74) is 1.26. The fourth-order valence-electron chi connectivity index (χ4n) is 1.93. The molecule has 0 radical (unpaired) electrons. The topological polar surface area (TPSA) is 21.3 Å². The van der Waals surface area contributed by atoms with Crippen LogP contribution in [0.25, 0.3) is 0 Å². The molecule has 4 heteroatoms. The van der Waals surface area contributed by atoms with Crippen molar-refractivity contribution in [2.24, 2.45) is 0 Å². The highest BCUT2D eigenvalue weighted by molar-refractivity contribution is 9.10. The summed E-state index contributed by atoms with van der Waals surface area (Å²) < 4.78 is 7.92. The first-order chi connectivity index (χ1) is 9.72. The summed E-state index contributed by atoms with van der Waals surface area (Å²) in [5, 5.41) is 3.51. The minimum absolute atomic E-state index is 0.720. The van der Waals surface area contributed by atoms with Crippen LogP contribution in [-0.2, 0) is 6.54 Å². The molecule has 1 aliphatic rings. The van der Waals surface area contributed by atoms with Crippen LogP contribution in [0.15, 0.2) is 51.4 Å². The molecule has 2 nitrogen and oxygen atoms in total. The zero-order valence-electron chi connectivity index (χ0n) is 10.9. The fraction of sp³-hybridized carbons (Fsp3) is 0.250. The average molecular weight is 397 g/mol. The zero-order chi connectivity index (χ0) is 13.9. The zero-order valence-corrected chi connectivity index (χ0v) is 14.1. The smallest absolute Gasteiger partial charge is 0.141 e. The highest BCUT2D eigenvalue weighted by Gasteiger charge is 2.20. The van der Waals surface area contributed by atoms with E-state index in [2.05, 4.69) is 43.2 Å². The van der Waals surface area contributed by atoms with Crippen LogP contribution in [0.3, 0.4) is 0 Å². The molecule has 0 aromatic heterocycles. The van der Waals surface area contributed by atoms with Gasteiger partial charge in [0.2, 0.25) is 0 Å². The summed E-state index contributed by atoms with van der Waals surface area (Å²) in [6.07, 6.45) is 2.61. The molecule has 0 amide bonds. The Morgan fingerprint density at radius 2 is 1.85 bits per heavy atom. The molecule has 0 heterocycles. The summed E-state index contributed by atoms with van der Waals surface area (Å²) in [6, 6.07) is 14.7. The molecule has 1 saturated carbocycles. The van der Waals surface area contributed by atoms with Crippen molar-refractivity contribution in [3.05, 3.63) is 57.0 Å². The normalized spacial score (nSPS) is 14.3. The molecular formula is C16H15Br2NO. The van der Waals surface area contributed by atoms with Gasteiger partial charge in [0.1, 0.15) is 11.5 Å². The maximum atomic E-state index is 5.89. The second-order valence-electron chi connectivity index (χ2n) is 4.94. The van der Waals surface area contributed by atoms with Crippen molar-refractivity contribution in [1.82, 2.24) is 5.32 Å². The van der Waals surface area contributed by atoms with Gasteiger partial charge in [-0.3, -0.25) is 0 Å².